The van der Waals surface area contributed by atoms with Gasteiger partial charge in [-0.05, 0) is 41.8 Å². The number of anilines is 1. The number of nitrogens with zero attached hydrogens (tertiary/aromatic N) is 5. The summed E-state index contributed by atoms with van der Waals surface area (Å²) in [6.07, 6.45) is 3.55. The Bertz CT molecular complexity index is 830. The number of carbonyl (C=O) groups excluding carboxylic acids is 3. The van der Waals surface area contributed by atoms with E-state index in [1.54, 1.807) is 12.0 Å². The minimum absolute atomic E-state index is 0.153. The minimum Gasteiger partial charge on any atom is -0.497 e. The van der Waals surface area contributed by atoms with Gasteiger partial charge in [0.05, 0.1) is 7.11 Å². The fourth-order valence-corrected chi connectivity index (χ4v) is 4.05. The molecule has 29 heavy (non-hydrogen) atoms. The number of methoxy groups -OCH3 is 1. The van der Waals surface area contributed by atoms with Crippen molar-refractivity contribution in [3.8, 4) is 5.75 Å². The third-order valence-electron chi connectivity index (χ3n) is 5.71. The van der Waals surface area contributed by atoms with E-state index in [-0.39, 0.29) is 12.5 Å². The van der Waals surface area contributed by atoms with Crippen LogP contribution in [0.4, 0.5) is 5.69 Å². The predicted octanol–water partition coefficient (Wildman–Crippen LogP) is 1.03. The van der Waals surface area contributed by atoms with Crippen molar-refractivity contribution in [3.63, 3.8) is 0 Å². The van der Waals surface area contributed by atoms with Crippen LogP contribution in [0.15, 0.2) is 29.4 Å². The van der Waals surface area contributed by atoms with Crippen molar-refractivity contribution in [2.75, 3.05) is 44.7 Å². The lowest BCUT2D eigenvalue weighted by Crippen LogP contribution is -2.53. The Morgan fingerprint density at radius 2 is 1.69 bits per heavy atom. The van der Waals surface area contributed by atoms with Crippen LogP contribution >= 0.6 is 0 Å². The highest BCUT2D eigenvalue weighted by molar-refractivity contribution is 6.31. The van der Waals surface area contributed by atoms with Crippen molar-refractivity contribution in [2.24, 2.45) is 5.11 Å². The van der Waals surface area contributed by atoms with Crippen LogP contribution < -0.4 is 9.64 Å². The van der Waals surface area contributed by atoms with Crippen LogP contribution in [0.25, 0.3) is 0 Å². The second-order valence-corrected chi connectivity index (χ2v) is 7.51. The van der Waals surface area contributed by atoms with E-state index in [0.717, 1.165) is 41.8 Å². The molecule has 9 nitrogen and oxygen atoms in total. The number of ether oxygens (including phenoxy) is 1. The molecular formula is C20H26N5O4+. The molecule has 0 aromatic heterocycles. The zero-order valence-corrected chi connectivity index (χ0v) is 16.6. The first kappa shape index (κ1) is 19.4. The molecule has 3 heterocycles. The molecule has 0 bridgehead atoms. The summed E-state index contributed by atoms with van der Waals surface area (Å²) in [4.78, 5) is 43.0. The molecule has 3 aliphatic rings. The number of benzene rings is 1. The maximum atomic E-state index is 12.7. The van der Waals surface area contributed by atoms with Gasteiger partial charge in [-0.15, -0.1) is 0 Å². The first-order valence-corrected chi connectivity index (χ1v) is 10.1. The summed E-state index contributed by atoms with van der Waals surface area (Å²) >= 11 is 0. The number of azo groups is 2. The molecule has 1 unspecified atom stereocenters. The summed E-state index contributed by atoms with van der Waals surface area (Å²) in [5.41, 5.74) is 0.878. The number of hydrogen-bond donors (Lipinski definition) is 0. The SMILES string of the molecule is COc1ccc(N2CCN3C(=O)C(=O)[N+](CC(=O)N4CCCCCC4)=NC32)cc1. The Hall–Kier alpha value is -2.97. The summed E-state index contributed by atoms with van der Waals surface area (Å²) in [7, 11) is 1.60. The van der Waals surface area contributed by atoms with Gasteiger partial charge in [-0.1, -0.05) is 12.8 Å². The van der Waals surface area contributed by atoms with Crippen LogP contribution in [0.2, 0.25) is 0 Å². The second kappa shape index (κ2) is 8.18. The Kier molecular flexibility index (Phi) is 5.46. The van der Waals surface area contributed by atoms with Crippen molar-refractivity contribution in [1.82, 2.24) is 9.80 Å². The van der Waals surface area contributed by atoms with E-state index in [2.05, 4.69) is 5.11 Å². The predicted molar refractivity (Wildman–Crippen MR) is 103 cm³/mol. The van der Waals surface area contributed by atoms with E-state index in [4.69, 9.17) is 4.74 Å². The van der Waals surface area contributed by atoms with Crippen molar-refractivity contribution in [1.29, 1.82) is 0 Å². The summed E-state index contributed by atoms with van der Waals surface area (Å²) < 4.78 is 6.25. The van der Waals surface area contributed by atoms with E-state index in [1.165, 1.54) is 4.90 Å². The fourth-order valence-electron chi connectivity index (χ4n) is 4.05. The Balaban J connectivity index is 1.55. The molecule has 0 saturated carbocycles. The molecule has 1 aromatic carbocycles. The van der Waals surface area contributed by atoms with E-state index in [0.29, 0.717) is 26.2 Å². The number of carbonyl (C=O) groups is 3. The second-order valence-electron chi connectivity index (χ2n) is 7.51. The third kappa shape index (κ3) is 3.81. The highest BCUT2D eigenvalue weighted by atomic mass is 16.5. The molecule has 2 saturated heterocycles. The molecule has 3 aliphatic heterocycles. The van der Waals surface area contributed by atoms with Gasteiger partial charge in [0.15, 0.2) is 0 Å². The number of rotatable bonds is 4. The Morgan fingerprint density at radius 3 is 2.34 bits per heavy atom. The molecule has 0 radical (unpaired) electrons. The van der Waals surface area contributed by atoms with Crippen LogP contribution in [-0.2, 0) is 14.4 Å². The largest absolute Gasteiger partial charge is 0.502 e. The maximum absolute atomic E-state index is 12.7. The van der Waals surface area contributed by atoms with Crippen molar-refractivity contribution in [3.05, 3.63) is 24.3 Å². The fraction of sp³-hybridized carbons (Fsp3) is 0.550. The van der Waals surface area contributed by atoms with E-state index < -0.39 is 18.1 Å². The maximum Gasteiger partial charge on any atom is 0.502 e. The van der Waals surface area contributed by atoms with Gasteiger partial charge >= 0.3 is 11.8 Å². The molecule has 3 amide bonds. The highest BCUT2D eigenvalue weighted by Crippen LogP contribution is 2.28. The standard InChI is InChI=1S/C20H26N5O4/c1-29-16-8-6-15(7-9-16)23-12-13-24-18(27)19(28)25(21-20(23)24)14-17(26)22-10-4-2-3-5-11-22/h6-9,20H,2-5,10-14H2,1H3/q+1. The van der Waals surface area contributed by atoms with Gasteiger partial charge in [0.1, 0.15) is 5.75 Å². The number of hydrogen-bond acceptors (Lipinski definition) is 6. The molecule has 9 heteroatoms. The van der Waals surface area contributed by atoms with Crippen LogP contribution in [0.5, 0.6) is 5.75 Å². The van der Waals surface area contributed by atoms with Crippen LogP contribution in [-0.4, -0.2) is 78.3 Å². The molecule has 0 aliphatic carbocycles. The van der Waals surface area contributed by atoms with Gasteiger partial charge < -0.3 is 14.5 Å². The monoisotopic (exact) mass is 400 g/mol. The van der Waals surface area contributed by atoms with E-state index in [1.807, 2.05) is 29.2 Å². The molecule has 154 valence electrons. The first-order valence-electron chi connectivity index (χ1n) is 10.1. The summed E-state index contributed by atoms with van der Waals surface area (Å²) in [6, 6.07) is 7.47. The smallest absolute Gasteiger partial charge is 0.497 e. The molecular weight excluding hydrogens is 374 g/mol. The number of fused-ring (bicyclic) bond motifs is 1. The van der Waals surface area contributed by atoms with Gasteiger partial charge in [0.2, 0.25) is 0 Å². The quantitative estimate of drug-likeness (QED) is 0.557. The molecule has 0 spiro atoms. The molecule has 2 fully saturated rings. The topological polar surface area (TPSA) is 85.5 Å². The Morgan fingerprint density at radius 1 is 1.03 bits per heavy atom. The summed E-state index contributed by atoms with van der Waals surface area (Å²) in [5, 5.41) is 4.47. The van der Waals surface area contributed by atoms with Crippen LogP contribution in [0, 0.1) is 0 Å². The zero-order chi connectivity index (χ0) is 20.4. The van der Waals surface area contributed by atoms with Crippen LogP contribution in [0.3, 0.4) is 0 Å². The lowest BCUT2D eigenvalue weighted by Gasteiger charge is -2.27. The normalized spacial score (nSPS) is 22.3. The third-order valence-corrected chi connectivity index (χ3v) is 5.71. The van der Waals surface area contributed by atoms with E-state index in [9.17, 15) is 14.4 Å². The van der Waals surface area contributed by atoms with Gasteiger partial charge in [-0.25, -0.2) is 4.79 Å². The molecule has 1 atom stereocenters. The molecule has 4 rings (SSSR count). The van der Waals surface area contributed by atoms with Crippen molar-refractivity contribution in [2.45, 2.75) is 32.0 Å². The van der Waals surface area contributed by atoms with Gasteiger partial charge in [-0.3, -0.25) is 14.5 Å². The first-order chi connectivity index (χ1) is 14.1. The molecule has 0 N–H and O–H groups in total. The average Bonchev–Trinajstić information content (AvgIpc) is 2.97. The highest BCUT2D eigenvalue weighted by Gasteiger charge is 2.50. The van der Waals surface area contributed by atoms with Gasteiger partial charge in [-0.2, -0.15) is 0 Å². The number of amides is 3. The number of likely N-dealkylation sites (tertiary alicyclic amines) is 1. The van der Waals surface area contributed by atoms with E-state index >= 15 is 0 Å². The zero-order valence-electron chi connectivity index (χ0n) is 16.6. The average molecular weight is 400 g/mol. The van der Waals surface area contributed by atoms with Gasteiger partial charge in [0.25, 0.3) is 18.7 Å². The lowest BCUT2D eigenvalue weighted by molar-refractivity contribution is -0.510. The van der Waals surface area contributed by atoms with Crippen molar-refractivity contribution >= 4 is 23.4 Å². The molecule has 1 aromatic rings. The minimum atomic E-state index is -0.735. The van der Waals surface area contributed by atoms with Crippen LogP contribution in [0.1, 0.15) is 25.7 Å². The van der Waals surface area contributed by atoms with Gasteiger partial charge in [0, 0.05) is 37.0 Å². The summed E-state index contributed by atoms with van der Waals surface area (Å²) in [5.74, 6) is -0.758. The summed E-state index contributed by atoms with van der Waals surface area (Å²) in [6.45, 7) is 2.18. The van der Waals surface area contributed by atoms with Crippen molar-refractivity contribution < 1.29 is 23.8 Å². The lowest BCUT2D eigenvalue weighted by atomic mass is 10.2. The Labute approximate surface area is 169 Å².